The van der Waals surface area contributed by atoms with Gasteiger partial charge < -0.3 is 9.73 Å². The van der Waals surface area contributed by atoms with Gasteiger partial charge in [0.1, 0.15) is 0 Å². The standard InChI is InChI=1S/C14H16ClN3O3/c1-3-4-16-9(2)14-17-8-13(21-14)10-5-11(15)7-12(6-10)18(19)20/h5-9,16H,3-4H2,1-2H3. The number of benzene rings is 1. The van der Waals surface area contributed by atoms with Gasteiger partial charge in [-0.2, -0.15) is 0 Å². The number of nitrogens with zero attached hydrogens (tertiary/aromatic N) is 2. The third-order valence-corrected chi connectivity index (χ3v) is 3.19. The molecule has 112 valence electrons. The van der Waals surface area contributed by atoms with Crippen molar-refractivity contribution in [3.05, 3.63) is 45.4 Å². The van der Waals surface area contributed by atoms with Crippen LogP contribution in [-0.2, 0) is 0 Å². The Kier molecular flexibility index (Phi) is 4.93. The fourth-order valence-corrected chi connectivity index (χ4v) is 2.12. The summed E-state index contributed by atoms with van der Waals surface area (Å²) in [7, 11) is 0. The molecule has 1 atom stereocenters. The first-order chi connectivity index (χ1) is 10.0. The SMILES string of the molecule is CCCNC(C)c1ncc(-c2cc(Cl)cc([N+](=O)[O-])c2)o1. The molecule has 0 bridgehead atoms. The minimum absolute atomic E-state index is 0.0205. The molecule has 0 saturated carbocycles. The van der Waals surface area contributed by atoms with E-state index in [1.54, 1.807) is 12.3 Å². The lowest BCUT2D eigenvalue weighted by Gasteiger charge is -2.08. The summed E-state index contributed by atoms with van der Waals surface area (Å²) in [6.07, 6.45) is 2.56. The predicted molar refractivity (Wildman–Crippen MR) is 80.3 cm³/mol. The molecular formula is C14H16ClN3O3. The summed E-state index contributed by atoms with van der Waals surface area (Å²) in [6.45, 7) is 4.89. The van der Waals surface area contributed by atoms with E-state index in [2.05, 4.69) is 17.2 Å². The molecule has 0 fully saturated rings. The summed E-state index contributed by atoms with van der Waals surface area (Å²) in [6, 6.07) is 4.31. The average molecular weight is 310 g/mol. The topological polar surface area (TPSA) is 81.2 Å². The zero-order valence-electron chi connectivity index (χ0n) is 11.8. The molecule has 1 aromatic carbocycles. The smallest absolute Gasteiger partial charge is 0.271 e. The molecule has 0 radical (unpaired) electrons. The van der Waals surface area contributed by atoms with Crippen LogP contribution in [0.15, 0.2) is 28.8 Å². The molecule has 21 heavy (non-hydrogen) atoms. The molecule has 0 aliphatic heterocycles. The number of nitrogens with one attached hydrogen (secondary N) is 1. The van der Waals surface area contributed by atoms with Gasteiger partial charge in [-0.15, -0.1) is 0 Å². The van der Waals surface area contributed by atoms with Crippen LogP contribution in [0.25, 0.3) is 11.3 Å². The van der Waals surface area contributed by atoms with Crippen molar-refractivity contribution in [1.29, 1.82) is 0 Å². The molecule has 1 N–H and O–H groups in total. The van der Waals surface area contributed by atoms with E-state index in [1.807, 2.05) is 6.92 Å². The second-order valence-corrected chi connectivity index (χ2v) is 5.13. The lowest BCUT2D eigenvalue weighted by Crippen LogP contribution is -2.19. The molecule has 7 heteroatoms. The minimum Gasteiger partial charge on any atom is -0.439 e. The Morgan fingerprint density at radius 3 is 2.90 bits per heavy atom. The number of oxazole rings is 1. The normalized spacial score (nSPS) is 12.3. The highest BCUT2D eigenvalue weighted by molar-refractivity contribution is 6.31. The van der Waals surface area contributed by atoms with Crippen molar-refractivity contribution in [2.75, 3.05) is 6.54 Å². The maximum atomic E-state index is 10.9. The first-order valence-corrected chi connectivity index (χ1v) is 7.03. The van der Waals surface area contributed by atoms with Crippen LogP contribution in [0.2, 0.25) is 5.02 Å². The largest absolute Gasteiger partial charge is 0.439 e. The summed E-state index contributed by atoms with van der Waals surface area (Å²) in [5.41, 5.74) is 0.461. The van der Waals surface area contributed by atoms with E-state index in [0.717, 1.165) is 13.0 Å². The zero-order valence-corrected chi connectivity index (χ0v) is 12.6. The van der Waals surface area contributed by atoms with Crippen molar-refractivity contribution in [3.8, 4) is 11.3 Å². The van der Waals surface area contributed by atoms with E-state index >= 15 is 0 Å². The summed E-state index contributed by atoms with van der Waals surface area (Å²) in [5, 5.41) is 14.4. The fraction of sp³-hybridized carbons (Fsp3) is 0.357. The van der Waals surface area contributed by atoms with Crippen molar-refractivity contribution in [2.45, 2.75) is 26.3 Å². The number of hydrogen-bond acceptors (Lipinski definition) is 5. The van der Waals surface area contributed by atoms with Gasteiger partial charge in [-0.1, -0.05) is 18.5 Å². The number of rotatable bonds is 6. The molecule has 0 aliphatic carbocycles. The van der Waals surface area contributed by atoms with Crippen molar-refractivity contribution >= 4 is 17.3 Å². The molecule has 0 amide bonds. The van der Waals surface area contributed by atoms with E-state index in [9.17, 15) is 10.1 Å². The Morgan fingerprint density at radius 2 is 2.24 bits per heavy atom. The van der Waals surface area contributed by atoms with Gasteiger partial charge in [0.2, 0.25) is 5.89 Å². The number of nitro benzene ring substituents is 1. The second-order valence-electron chi connectivity index (χ2n) is 4.69. The predicted octanol–water partition coefficient (Wildman–Crippen LogP) is 3.96. The molecule has 1 aromatic heterocycles. The maximum Gasteiger partial charge on any atom is 0.271 e. The Balaban J connectivity index is 2.27. The third kappa shape index (κ3) is 3.80. The summed E-state index contributed by atoms with van der Waals surface area (Å²) in [5.74, 6) is 1.00. The molecule has 2 aromatic rings. The highest BCUT2D eigenvalue weighted by Gasteiger charge is 2.16. The Hall–Kier alpha value is -1.92. The van der Waals surface area contributed by atoms with Gasteiger partial charge in [0.05, 0.1) is 17.2 Å². The van der Waals surface area contributed by atoms with Crippen LogP contribution in [0.1, 0.15) is 32.2 Å². The van der Waals surface area contributed by atoms with Crippen molar-refractivity contribution in [2.24, 2.45) is 0 Å². The molecule has 1 heterocycles. The quantitative estimate of drug-likeness (QED) is 0.645. The summed E-state index contributed by atoms with van der Waals surface area (Å²) in [4.78, 5) is 14.6. The molecule has 0 spiro atoms. The van der Waals surface area contributed by atoms with E-state index in [0.29, 0.717) is 17.2 Å². The van der Waals surface area contributed by atoms with E-state index in [4.69, 9.17) is 16.0 Å². The average Bonchev–Trinajstić information content (AvgIpc) is 2.94. The number of non-ortho nitro benzene ring substituents is 1. The van der Waals surface area contributed by atoms with Crippen LogP contribution in [0.4, 0.5) is 5.69 Å². The Bertz CT molecular complexity index is 642. The highest BCUT2D eigenvalue weighted by atomic mass is 35.5. The third-order valence-electron chi connectivity index (χ3n) is 2.97. The van der Waals surface area contributed by atoms with Crippen LogP contribution < -0.4 is 5.32 Å². The lowest BCUT2D eigenvalue weighted by atomic mass is 10.1. The summed E-state index contributed by atoms with van der Waals surface area (Å²) >= 11 is 5.90. The first-order valence-electron chi connectivity index (χ1n) is 6.65. The van der Waals surface area contributed by atoms with Gasteiger partial charge in [-0.25, -0.2) is 4.98 Å². The van der Waals surface area contributed by atoms with E-state index < -0.39 is 4.92 Å². The van der Waals surface area contributed by atoms with Crippen molar-refractivity contribution in [1.82, 2.24) is 10.3 Å². The molecule has 1 unspecified atom stereocenters. The molecular weight excluding hydrogens is 294 g/mol. The van der Waals surface area contributed by atoms with E-state index in [-0.39, 0.29) is 16.8 Å². The second kappa shape index (κ2) is 6.69. The van der Waals surface area contributed by atoms with E-state index in [1.165, 1.54) is 12.1 Å². The fourth-order valence-electron chi connectivity index (χ4n) is 1.89. The monoisotopic (exact) mass is 309 g/mol. The maximum absolute atomic E-state index is 10.9. The van der Waals surface area contributed by atoms with Gasteiger partial charge in [0, 0.05) is 22.7 Å². The number of halogens is 1. The van der Waals surface area contributed by atoms with Gasteiger partial charge in [-0.05, 0) is 26.0 Å². The molecule has 0 saturated heterocycles. The number of nitro groups is 1. The minimum atomic E-state index is -0.488. The van der Waals surface area contributed by atoms with Crippen LogP contribution >= 0.6 is 11.6 Å². The zero-order chi connectivity index (χ0) is 15.4. The molecule has 6 nitrogen and oxygen atoms in total. The number of hydrogen-bond donors (Lipinski definition) is 1. The van der Waals surface area contributed by atoms with Crippen LogP contribution in [-0.4, -0.2) is 16.5 Å². The van der Waals surface area contributed by atoms with Crippen LogP contribution in [0.5, 0.6) is 0 Å². The van der Waals surface area contributed by atoms with Crippen molar-refractivity contribution < 1.29 is 9.34 Å². The number of aromatic nitrogens is 1. The first kappa shape index (κ1) is 15.5. The van der Waals surface area contributed by atoms with Crippen LogP contribution in [0.3, 0.4) is 0 Å². The lowest BCUT2D eigenvalue weighted by molar-refractivity contribution is -0.384. The van der Waals surface area contributed by atoms with Gasteiger partial charge in [0.25, 0.3) is 5.69 Å². The van der Waals surface area contributed by atoms with Gasteiger partial charge in [-0.3, -0.25) is 10.1 Å². The van der Waals surface area contributed by atoms with Gasteiger partial charge >= 0.3 is 0 Å². The Morgan fingerprint density at radius 1 is 1.48 bits per heavy atom. The highest BCUT2D eigenvalue weighted by Crippen LogP contribution is 2.29. The Labute approximate surface area is 127 Å². The van der Waals surface area contributed by atoms with Gasteiger partial charge in [0.15, 0.2) is 5.76 Å². The molecule has 0 aliphatic rings. The van der Waals surface area contributed by atoms with Crippen LogP contribution in [0, 0.1) is 10.1 Å². The molecule has 2 rings (SSSR count). The summed E-state index contributed by atoms with van der Waals surface area (Å²) < 4.78 is 5.66. The van der Waals surface area contributed by atoms with Crippen molar-refractivity contribution in [3.63, 3.8) is 0 Å².